The van der Waals surface area contributed by atoms with Crippen molar-refractivity contribution < 1.29 is 8.78 Å². The molecule has 2 aromatic heterocycles. The molecule has 0 amide bonds. The van der Waals surface area contributed by atoms with Crippen LogP contribution in [0.15, 0.2) is 41.3 Å². The largest absolute Gasteiger partial charge is 0.333 e. The molecule has 36 heavy (non-hydrogen) atoms. The van der Waals surface area contributed by atoms with Crippen LogP contribution in [-0.2, 0) is 6.54 Å². The van der Waals surface area contributed by atoms with E-state index in [2.05, 4.69) is 30.5 Å². The van der Waals surface area contributed by atoms with Gasteiger partial charge in [-0.25, -0.2) is 23.7 Å². The van der Waals surface area contributed by atoms with E-state index in [1.807, 2.05) is 43.7 Å². The summed E-state index contributed by atoms with van der Waals surface area (Å²) < 4.78 is 32.1. The van der Waals surface area contributed by atoms with E-state index in [0.29, 0.717) is 16.9 Å². The van der Waals surface area contributed by atoms with Crippen molar-refractivity contribution in [1.82, 2.24) is 29.7 Å². The summed E-state index contributed by atoms with van der Waals surface area (Å²) >= 11 is 0. The van der Waals surface area contributed by atoms with Crippen LogP contribution in [0.5, 0.6) is 0 Å². The molecule has 4 heterocycles. The number of aromatic nitrogens is 3. The van der Waals surface area contributed by atoms with Gasteiger partial charge in [0, 0.05) is 57.6 Å². The third-order valence-corrected chi connectivity index (χ3v) is 6.71. The van der Waals surface area contributed by atoms with Crippen molar-refractivity contribution in [3.05, 3.63) is 59.1 Å². The lowest BCUT2D eigenvalue weighted by Crippen LogP contribution is -2.42. The van der Waals surface area contributed by atoms with Crippen molar-refractivity contribution in [3.8, 4) is 0 Å². The SMILES string of the molecule is Cc1nc2c(F)cc(C3=C(F)C=NC(Nc4ccc(CN5CCNCC5)cn4)N3C)cc2n1C(C)C. The molecule has 0 saturated carbocycles. The number of rotatable bonds is 6. The van der Waals surface area contributed by atoms with E-state index in [1.165, 1.54) is 12.3 Å². The zero-order valence-electron chi connectivity index (χ0n) is 21.1. The molecule has 1 saturated heterocycles. The van der Waals surface area contributed by atoms with Crippen molar-refractivity contribution in [2.45, 2.75) is 39.6 Å². The van der Waals surface area contributed by atoms with Gasteiger partial charge in [0.1, 0.15) is 17.2 Å². The first kappa shape index (κ1) is 24.3. The number of nitrogens with zero attached hydrogens (tertiary/aromatic N) is 6. The predicted octanol–water partition coefficient (Wildman–Crippen LogP) is 3.91. The molecular weight excluding hydrogens is 462 g/mol. The number of anilines is 1. The Labute approximate surface area is 209 Å². The van der Waals surface area contributed by atoms with Gasteiger partial charge in [-0.05, 0) is 44.5 Å². The topological polar surface area (TPSA) is 73.6 Å². The van der Waals surface area contributed by atoms with Crippen LogP contribution in [-0.4, -0.2) is 70.1 Å². The minimum atomic E-state index is -0.596. The second-order valence-corrected chi connectivity index (χ2v) is 9.63. The molecule has 2 aliphatic rings. The molecule has 10 heteroatoms. The van der Waals surface area contributed by atoms with Crippen LogP contribution in [0.1, 0.15) is 36.8 Å². The molecule has 1 fully saturated rings. The van der Waals surface area contributed by atoms with Crippen LogP contribution < -0.4 is 10.6 Å². The Balaban J connectivity index is 1.37. The summed E-state index contributed by atoms with van der Waals surface area (Å²) in [5, 5.41) is 6.61. The Bertz CT molecular complexity index is 1310. The van der Waals surface area contributed by atoms with Crippen LogP contribution in [0, 0.1) is 12.7 Å². The Morgan fingerprint density at radius 1 is 1.17 bits per heavy atom. The number of nitrogens with one attached hydrogen (secondary N) is 2. The summed E-state index contributed by atoms with van der Waals surface area (Å²) in [7, 11) is 1.73. The molecule has 2 N–H and O–H groups in total. The Morgan fingerprint density at radius 2 is 1.94 bits per heavy atom. The number of pyridine rings is 1. The van der Waals surface area contributed by atoms with Crippen molar-refractivity contribution in [3.63, 3.8) is 0 Å². The second-order valence-electron chi connectivity index (χ2n) is 9.63. The van der Waals surface area contributed by atoms with E-state index in [-0.39, 0.29) is 17.3 Å². The quantitative estimate of drug-likeness (QED) is 0.541. The second kappa shape index (κ2) is 9.94. The van der Waals surface area contributed by atoms with Gasteiger partial charge >= 0.3 is 0 Å². The van der Waals surface area contributed by atoms with Gasteiger partial charge < -0.3 is 20.1 Å². The van der Waals surface area contributed by atoms with Gasteiger partial charge in [-0.1, -0.05) is 6.07 Å². The number of halogens is 2. The van der Waals surface area contributed by atoms with E-state index in [1.54, 1.807) is 18.0 Å². The summed E-state index contributed by atoms with van der Waals surface area (Å²) in [5.41, 5.74) is 2.75. The van der Waals surface area contributed by atoms with Gasteiger partial charge in [0.2, 0.25) is 0 Å². The molecule has 1 unspecified atom stereocenters. The zero-order chi connectivity index (χ0) is 25.4. The number of aliphatic imine (C=N–C) groups is 1. The first-order valence-electron chi connectivity index (χ1n) is 12.3. The molecule has 190 valence electrons. The molecule has 1 aromatic carbocycles. The van der Waals surface area contributed by atoms with Gasteiger partial charge in [-0.2, -0.15) is 0 Å². The lowest BCUT2D eigenvalue weighted by molar-refractivity contribution is 0.233. The molecule has 5 rings (SSSR count). The fourth-order valence-corrected chi connectivity index (χ4v) is 4.98. The van der Waals surface area contributed by atoms with Crippen LogP contribution in [0.25, 0.3) is 16.7 Å². The predicted molar refractivity (Wildman–Crippen MR) is 139 cm³/mol. The van der Waals surface area contributed by atoms with Crippen molar-refractivity contribution in [2.75, 3.05) is 38.5 Å². The fraction of sp³-hybridized carbons (Fsp3) is 0.423. The average Bonchev–Trinajstić information content (AvgIpc) is 3.19. The third kappa shape index (κ3) is 4.70. The van der Waals surface area contributed by atoms with Crippen molar-refractivity contribution in [1.29, 1.82) is 0 Å². The number of imidazole rings is 1. The molecule has 0 radical (unpaired) electrons. The van der Waals surface area contributed by atoms with Crippen molar-refractivity contribution in [2.24, 2.45) is 4.99 Å². The number of fused-ring (bicyclic) bond motifs is 1. The van der Waals surface area contributed by atoms with Crippen LogP contribution >= 0.6 is 0 Å². The number of allylic oxidation sites excluding steroid dienone is 1. The Kier molecular flexibility index (Phi) is 6.72. The summed E-state index contributed by atoms with van der Waals surface area (Å²) in [5.74, 6) is 0.341. The third-order valence-electron chi connectivity index (χ3n) is 6.71. The minimum Gasteiger partial charge on any atom is -0.333 e. The van der Waals surface area contributed by atoms with Gasteiger partial charge in [-0.3, -0.25) is 4.90 Å². The highest BCUT2D eigenvalue weighted by Gasteiger charge is 2.27. The summed E-state index contributed by atoms with van der Waals surface area (Å²) in [6.45, 7) is 10.8. The molecular formula is C26H32F2N8. The number of aryl methyl sites for hydroxylation is 1. The normalized spacial score (nSPS) is 19.1. The first-order valence-corrected chi connectivity index (χ1v) is 12.3. The highest BCUT2D eigenvalue weighted by molar-refractivity contribution is 5.92. The maximum atomic E-state index is 15.1. The first-order chi connectivity index (χ1) is 17.3. The van der Waals surface area contributed by atoms with E-state index in [9.17, 15) is 0 Å². The zero-order valence-corrected chi connectivity index (χ0v) is 21.1. The molecule has 2 aliphatic heterocycles. The Morgan fingerprint density at radius 3 is 2.64 bits per heavy atom. The monoisotopic (exact) mass is 494 g/mol. The lowest BCUT2D eigenvalue weighted by Gasteiger charge is -2.32. The summed E-state index contributed by atoms with van der Waals surface area (Å²) in [6, 6.07) is 7.17. The Hall–Kier alpha value is -3.37. The van der Waals surface area contributed by atoms with Crippen LogP contribution in [0.4, 0.5) is 14.6 Å². The molecule has 0 bridgehead atoms. The smallest absolute Gasteiger partial charge is 0.197 e. The van der Waals surface area contributed by atoms with E-state index in [4.69, 9.17) is 0 Å². The van der Waals surface area contributed by atoms with Gasteiger partial charge in [0.15, 0.2) is 17.9 Å². The number of benzene rings is 1. The molecule has 0 spiro atoms. The highest BCUT2D eigenvalue weighted by atomic mass is 19.1. The molecule has 3 aromatic rings. The highest BCUT2D eigenvalue weighted by Crippen LogP contribution is 2.32. The summed E-state index contributed by atoms with van der Waals surface area (Å²) in [4.78, 5) is 17.3. The molecule has 0 aliphatic carbocycles. The van der Waals surface area contributed by atoms with E-state index in [0.717, 1.165) is 44.1 Å². The van der Waals surface area contributed by atoms with Crippen molar-refractivity contribution >= 4 is 28.8 Å². The number of hydrogen-bond donors (Lipinski definition) is 2. The number of hydrogen-bond acceptors (Lipinski definition) is 7. The standard InChI is InChI=1S/C26H32F2N8/c1-16(2)36-17(3)32-24-20(27)11-19(12-22(24)36)25-21(28)14-31-26(34(25)4)33-23-6-5-18(13-30-23)15-35-9-7-29-8-10-35/h5-6,11-14,16,26,29H,7-10,15H2,1-4H3,(H,30,33). The van der Waals surface area contributed by atoms with Crippen LogP contribution in [0.2, 0.25) is 0 Å². The summed E-state index contributed by atoms with van der Waals surface area (Å²) in [6.07, 6.45) is 2.44. The fourth-order valence-electron chi connectivity index (χ4n) is 4.98. The van der Waals surface area contributed by atoms with Gasteiger partial charge in [0.05, 0.1) is 17.4 Å². The molecule has 8 nitrogen and oxygen atoms in total. The van der Waals surface area contributed by atoms with E-state index >= 15 is 8.78 Å². The maximum absolute atomic E-state index is 15.1. The minimum absolute atomic E-state index is 0.0872. The number of piperazine rings is 1. The lowest BCUT2D eigenvalue weighted by atomic mass is 10.1. The van der Waals surface area contributed by atoms with Crippen LogP contribution in [0.3, 0.4) is 0 Å². The average molecular weight is 495 g/mol. The van der Waals surface area contributed by atoms with E-state index < -0.39 is 17.9 Å². The molecule has 1 atom stereocenters. The van der Waals surface area contributed by atoms with Gasteiger partial charge in [-0.15, -0.1) is 0 Å². The maximum Gasteiger partial charge on any atom is 0.197 e. The van der Waals surface area contributed by atoms with Gasteiger partial charge in [0.25, 0.3) is 0 Å².